The molecule has 1 rings (SSSR count). The zero-order valence-corrected chi connectivity index (χ0v) is 15.4. The van der Waals surface area contributed by atoms with E-state index in [1.165, 1.54) is 0 Å². The van der Waals surface area contributed by atoms with Gasteiger partial charge in [0.1, 0.15) is 0 Å². The van der Waals surface area contributed by atoms with E-state index >= 15 is 0 Å². The van der Waals surface area contributed by atoms with E-state index in [0.29, 0.717) is 24.5 Å². The number of nitrogens with zero attached hydrogens (tertiary/aromatic N) is 3. The molecule has 0 spiro atoms. The van der Waals surface area contributed by atoms with Crippen LogP contribution in [0, 0.1) is 0 Å². The lowest BCUT2D eigenvalue weighted by atomic mass is 10.6. The van der Waals surface area contributed by atoms with E-state index in [0.717, 1.165) is 7.05 Å². The Balaban J connectivity index is 3.14. The predicted molar refractivity (Wildman–Crippen MR) is 90.3 cm³/mol. The monoisotopic (exact) mass is 411 g/mol. The summed E-state index contributed by atoms with van der Waals surface area (Å²) in [6, 6.07) is 0. The van der Waals surface area contributed by atoms with Crippen LogP contribution in [0.25, 0.3) is 0 Å². The summed E-state index contributed by atoms with van der Waals surface area (Å²) in [5, 5.41) is 1.10. The molecular weight excluding hydrogens is 394 g/mol. The molecular formula is C12H17N3O9S2. The smallest absolute Gasteiger partial charge is 0.265 e. The number of aromatic nitrogens is 3. The maximum absolute atomic E-state index is 12.3. The number of rotatable bonds is 10. The molecule has 1 heterocycles. The second-order valence-corrected chi connectivity index (χ2v) is 7.78. The molecule has 146 valence electrons. The van der Waals surface area contributed by atoms with Crippen molar-refractivity contribution in [1.82, 2.24) is 13.7 Å². The topological polar surface area (TPSA) is 153 Å². The summed E-state index contributed by atoms with van der Waals surface area (Å²) in [7, 11) is -6.91. The van der Waals surface area contributed by atoms with Gasteiger partial charge in [0.25, 0.3) is 20.2 Å². The fourth-order valence-corrected chi connectivity index (χ4v) is 2.53. The van der Waals surface area contributed by atoms with Gasteiger partial charge in [-0.15, -0.1) is 0 Å². The fraction of sp³-hybridized carbons (Fsp3) is 0.417. The normalized spacial score (nSPS) is 12.0. The van der Waals surface area contributed by atoms with Crippen LogP contribution < -0.4 is 17.1 Å². The Bertz CT molecular complexity index is 992. The van der Waals surface area contributed by atoms with Crippen molar-refractivity contribution >= 4 is 20.2 Å². The van der Waals surface area contributed by atoms with Crippen LogP contribution >= 0.6 is 0 Å². The Morgan fingerprint density at radius 1 is 0.808 bits per heavy atom. The van der Waals surface area contributed by atoms with E-state index in [1.807, 2.05) is 0 Å². The third-order valence-corrected chi connectivity index (χ3v) is 4.84. The standard InChI is InChI=1S/C12H17N3O9S2/c1-4-25(19,20)23-8-6-14-10(16)13(3)11(17)15(12(14)18)7-9-24-26(21,22)5-2/h4-5H,1-2,6-9H2,3H3. The fourth-order valence-electron chi connectivity index (χ4n) is 1.72. The molecule has 1 aromatic heterocycles. The zero-order chi connectivity index (χ0) is 20.1. The van der Waals surface area contributed by atoms with Crippen molar-refractivity contribution in [1.29, 1.82) is 0 Å². The Morgan fingerprint density at radius 2 is 1.15 bits per heavy atom. The molecule has 14 heteroatoms. The van der Waals surface area contributed by atoms with Crippen LogP contribution in [0.3, 0.4) is 0 Å². The van der Waals surface area contributed by atoms with Crippen molar-refractivity contribution in [2.45, 2.75) is 13.1 Å². The highest BCUT2D eigenvalue weighted by atomic mass is 32.2. The predicted octanol–water partition coefficient (Wildman–Crippen LogP) is -2.31. The zero-order valence-electron chi connectivity index (χ0n) is 13.7. The van der Waals surface area contributed by atoms with Crippen molar-refractivity contribution in [3.63, 3.8) is 0 Å². The van der Waals surface area contributed by atoms with E-state index in [4.69, 9.17) is 0 Å². The van der Waals surface area contributed by atoms with E-state index in [-0.39, 0.29) is 0 Å². The van der Waals surface area contributed by atoms with Gasteiger partial charge in [0.15, 0.2) is 0 Å². The molecule has 0 amide bonds. The first-order valence-electron chi connectivity index (χ1n) is 6.90. The summed E-state index contributed by atoms with van der Waals surface area (Å²) >= 11 is 0. The minimum Gasteiger partial charge on any atom is -0.265 e. The molecule has 0 aliphatic rings. The maximum atomic E-state index is 12.3. The third-order valence-electron chi connectivity index (χ3n) is 3.03. The van der Waals surface area contributed by atoms with Crippen molar-refractivity contribution in [3.8, 4) is 0 Å². The van der Waals surface area contributed by atoms with Crippen molar-refractivity contribution in [2.75, 3.05) is 13.2 Å². The Labute approximate surface area is 148 Å². The molecule has 0 aromatic carbocycles. The molecule has 0 unspecified atom stereocenters. The van der Waals surface area contributed by atoms with Gasteiger partial charge in [-0.3, -0.25) is 8.37 Å². The van der Waals surface area contributed by atoms with Gasteiger partial charge in [0.2, 0.25) is 0 Å². The molecule has 0 N–H and O–H groups in total. The molecule has 0 saturated heterocycles. The average Bonchev–Trinajstić information content (AvgIpc) is 2.59. The van der Waals surface area contributed by atoms with Gasteiger partial charge in [0, 0.05) is 7.05 Å². The first-order chi connectivity index (χ1) is 12.0. The van der Waals surface area contributed by atoms with E-state index in [9.17, 15) is 31.2 Å². The van der Waals surface area contributed by atoms with Gasteiger partial charge in [-0.1, -0.05) is 13.2 Å². The van der Waals surface area contributed by atoms with Gasteiger partial charge in [-0.25, -0.2) is 28.1 Å². The first-order valence-corrected chi connectivity index (χ1v) is 9.84. The van der Waals surface area contributed by atoms with Crippen LogP contribution in [0.4, 0.5) is 0 Å². The van der Waals surface area contributed by atoms with Gasteiger partial charge < -0.3 is 0 Å². The molecule has 0 aliphatic carbocycles. The van der Waals surface area contributed by atoms with Gasteiger partial charge in [-0.2, -0.15) is 16.8 Å². The Morgan fingerprint density at radius 3 is 1.46 bits per heavy atom. The van der Waals surface area contributed by atoms with Crippen LogP contribution in [0.2, 0.25) is 0 Å². The number of hydrogen-bond donors (Lipinski definition) is 0. The van der Waals surface area contributed by atoms with E-state index in [2.05, 4.69) is 21.5 Å². The van der Waals surface area contributed by atoms with Crippen molar-refractivity contribution < 1.29 is 25.2 Å². The van der Waals surface area contributed by atoms with Gasteiger partial charge in [-0.05, 0) is 0 Å². The molecule has 0 bridgehead atoms. The molecule has 26 heavy (non-hydrogen) atoms. The highest BCUT2D eigenvalue weighted by molar-refractivity contribution is 7.89. The van der Waals surface area contributed by atoms with E-state index in [1.54, 1.807) is 0 Å². The Kier molecular flexibility index (Phi) is 7.02. The summed E-state index contributed by atoms with van der Waals surface area (Å²) in [5.41, 5.74) is -3.05. The largest absolute Gasteiger partial charge is 0.336 e. The lowest BCUT2D eigenvalue weighted by Gasteiger charge is -2.11. The van der Waals surface area contributed by atoms with Crippen molar-refractivity contribution in [2.24, 2.45) is 7.05 Å². The molecule has 0 aliphatic heterocycles. The SMILES string of the molecule is C=CS(=O)(=O)OCCn1c(=O)n(C)c(=O)n(CCOS(=O)(=O)C=C)c1=O. The minimum absolute atomic E-state index is 0.468. The summed E-state index contributed by atoms with van der Waals surface area (Å²) < 4.78 is 55.4. The second kappa shape index (κ2) is 8.39. The number of hydrogen-bond acceptors (Lipinski definition) is 9. The lowest BCUT2D eigenvalue weighted by Crippen LogP contribution is -2.54. The maximum Gasteiger partial charge on any atom is 0.336 e. The average molecular weight is 411 g/mol. The van der Waals surface area contributed by atoms with E-state index < -0.39 is 63.6 Å². The van der Waals surface area contributed by atoms with Crippen molar-refractivity contribution in [3.05, 3.63) is 55.4 Å². The summed E-state index contributed by atoms with van der Waals surface area (Å²) in [6.45, 7) is 4.02. The molecule has 0 saturated carbocycles. The highest BCUT2D eigenvalue weighted by Gasteiger charge is 2.15. The van der Waals surface area contributed by atoms with Crippen LogP contribution in [-0.2, 0) is 48.7 Å². The summed E-state index contributed by atoms with van der Waals surface area (Å²) in [6.07, 6.45) is 0. The second-order valence-electron chi connectivity index (χ2n) is 4.67. The minimum atomic E-state index is -4.00. The van der Waals surface area contributed by atoms with Crippen LogP contribution in [-0.4, -0.2) is 43.8 Å². The third kappa shape index (κ3) is 5.35. The first kappa shape index (κ1) is 21.8. The molecule has 0 fully saturated rings. The van der Waals surface area contributed by atoms with Crippen LogP contribution in [0.5, 0.6) is 0 Å². The molecule has 0 atom stereocenters. The van der Waals surface area contributed by atoms with Crippen LogP contribution in [0.15, 0.2) is 38.4 Å². The Hall–Kier alpha value is -2.29. The lowest BCUT2D eigenvalue weighted by molar-refractivity contribution is 0.280. The quantitative estimate of drug-likeness (QED) is 0.386. The molecule has 0 radical (unpaired) electrons. The van der Waals surface area contributed by atoms with Gasteiger partial charge >= 0.3 is 17.1 Å². The molecule has 1 aromatic rings. The molecule has 12 nitrogen and oxygen atoms in total. The summed E-state index contributed by atoms with van der Waals surface area (Å²) in [5.74, 6) is 0. The van der Waals surface area contributed by atoms with Gasteiger partial charge in [0.05, 0.1) is 37.1 Å². The van der Waals surface area contributed by atoms with Crippen LogP contribution in [0.1, 0.15) is 0 Å². The summed E-state index contributed by atoms with van der Waals surface area (Å²) in [4.78, 5) is 36.3. The highest BCUT2D eigenvalue weighted by Crippen LogP contribution is 1.94.